The van der Waals surface area contributed by atoms with E-state index in [1.165, 1.54) is 19.1 Å². The second kappa shape index (κ2) is 13.2. The molecule has 3 aromatic rings. The predicted octanol–water partition coefficient (Wildman–Crippen LogP) is 6.79. The molecular formula is C32H32ClF2N3O6. The molecule has 2 aromatic carbocycles. The first-order valence-corrected chi connectivity index (χ1v) is 14.6. The van der Waals surface area contributed by atoms with Crippen molar-refractivity contribution in [3.05, 3.63) is 75.8 Å². The maximum Gasteiger partial charge on any atom is 0.410 e. The molecule has 0 aliphatic carbocycles. The van der Waals surface area contributed by atoms with Gasteiger partial charge in [-0.15, -0.1) is 0 Å². The molecule has 1 N–H and O–H groups in total. The number of benzene rings is 2. The minimum atomic E-state index is -1.14. The first kappa shape index (κ1) is 31.2. The molecular weight excluding hydrogens is 596 g/mol. The van der Waals surface area contributed by atoms with Crippen LogP contribution in [0.3, 0.4) is 0 Å². The molecule has 2 bridgehead atoms. The number of rotatable bonds is 5. The Hall–Kier alpha value is -4.25. The van der Waals surface area contributed by atoms with Crippen LogP contribution in [0.25, 0.3) is 11.3 Å². The number of carbonyl (C=O) groups excluding carboxylic acids is 3. The number of hydrogen-bond acceptors (Lipinski definition) is 7. The lowest BCUT2D eigenvalue weighted by Crippen LogP contribution is -2.42. The third-order valence-corrected chi connectivity index (χ3v) is 8.35. The Morgan fingerprint density at radius 2 is 1.91 bits per heavy atom. The normalized spacial score (nSPS) is 20.4. The molecule has 2 aliphatic rings. The number of nitrogens with one attached hydrogen (secondary N) is 1. The number of esters is 1. The molecule has 0 spiro atoms. The zero-order chi connectivity index (χ0) is 31.5. The van der Waals surface area contributed by atoms with Crippen molar-refractivity contribution >= 4 is 35.3 Å². The predicted molar refractivity (Wildman–Crippen MR) is 158 cm³/mol. The Balaban J connectivity index is 1.54. The number of halogens is 3. The van der Waals surface area contributed by atoms with Gasteiger partial charge in [-0.3, -0.25) is 9.59 Å². The van der Waals surface area contributed by atoms with Crippen LogP contribution >= 0.6 is 11.6 Å². The maximum absolute atomic E-state index is 14.7. The quantitative estimate of drug-likeness (QED) is 0.245. The summed E-state index contributed by atoms with van der Waals surface area (Å²) in [5.41, 5.74) is 2.52. The number of carbonyl (C=O) groups is 3. The number of fused-ring (bicyclic) bond motifs is 4. The van der Waals surface area contributed by atoms with Gasteiger partial charge in [-0.2, -0.15) is 0 Å². The van der Waals surface area contributed by atoms with E-state index in [4.69, 9.17) is 25.8 Å². The van der Waals surface area contributed by atoms with Crippen molar-refractivity contribution in [2.75, 3.05) is 26.1 Å². The fourth-order valence-corrected chi connectivity index (χ4v) is 5.82. The highest BCUT2D eigenvalue weighted by Gasteiger charge is 2.37. The number of anilines is 1. The van der Waals surface area contributed by atoms with Gasteiger partial charge in [0.1, 0.15) is 11.9 Å². The van der Waals surface area contributed by atoms with Gasteiger partial charge in [0, 0.05) is 30.5 Å². The lowest BCUT2D eigenvalue weighted by molar-refractivity contribution is -0.139. The number of pyridine rings is 1. The van der Waals surface area contributed by atoms with Crippen molar-refractivity contribution in [3.63, 3.8) is 0 Å². The van der Waals surface area contributed by atoms with E-state index in [-0.39, 0.29) is 47.7 Å². The van der Waals surface area contributed by atoms with E-state index in [9.17, 15) is 23.2 Å². The number of aromatic nitrogens is 1. The van der Waals surface area contributed by atoms with Crippen LogP contribution < -0.4 is 10.1 Å². The fourth-order valence-electron chi connectivity index (χ4n) is 5.65. The second-order valence-electron chi connectivity index (χ2n) is 10.9. The summed E-state index contributed by atoms with van der Waals surface area (Å²) in [6, 6.07) is 10.4. The summed E-state index contributed by atoms with van der Waals surface area (Å²) in [6.45, 7) is 1.98. The molecule has 3 atom stereocenters. The van der Waals surface area contributed by atoms with Crippen LogP contribution in [0.4, 0.5) is 19.3 Å². The van der Waals surface area contributed by atoms with Crippen LogP contribution in [-0.4, -0.2) is 48.6 Å². The van der Waals surface area contributed by atoms with E-state index in [0.29, 0.717) is 47.3 Å². The summed E-state index contributed by atoms with van der Waals surface area (Å²) >= 11 is 5.88. The Morgan fingerprint density at radius 3 is 2.64 bits per heavy atom. The number of cyclic esters (lactones) is 1. The minimum Gasteiger partial charge on any atom is -0.481 e. The van der Waals surface area contributed by atoms with Gasteiger partial charge in [-0.25, -0.2) is 18.6 Å². The molecule has 1 saturated heterocycles. The molecule has 2 aliphatic heterocycles. The third-order valence-electron chi connectivity index (χ3n) is 8.06. The van der Waals surface area contributed by atoms with Gasteiger partial charge in [-0.1, -0.05) is 37.1 Å². The molecule has 5 rings (SSSR count). The van der Waals surface area contributed by atoms with Gasteiger partial charge >= 0.3 is 12.1 Å². The summed E-state index contributed by atoms with van der Waals surface area (Å²) in [5.74, 6) is -2.48. The minimum absolute atomic E-state index is 0.0229. The topological polar surface area (TPSA) is 107 Å². The summed E-state index contributed by atoms with van der Waals surface area (Å²) in [5, 5.41) is 2.74. The molecule has 12 heteroatoms. The van der Waals surface area contributed by atoms with Crippen LogP contribution in [-0.2, 0) is 25.5 Å². The molecule has 1 aromatic heterocycles. The van der Waals surface area contributed by atoms with Crippen molar-refractivity contribution < 1.29 is 37.4 Å². The summed E-state index contributed by atoms with van der Waals surface area (Å²) in [7, 11) is 2.79. The van der Waals surface area contributed by atoms with Crippen LogP contribution in [0.15, 0.2) is 42.5 Å². The van der Waals surface area contributed by atoms with E-state index in [0.717, 1.165) is 12.1 Å². The van der Waals surface area contributed by atoms with E-state index in [1.807, 2.05) is 13.0 Å². The van der Waals surface area contributed by atoms with Crippen molar-refractivity contribution in [2.24, 2.45) is 5.92 Å². The van der Waals surface area contributed by atoms with Crippen molar-refractivity contribution in [3.8, 4) is 17.1 Å². The Kier molecular flexibility index (Phi) is 9.33. The molecule has 1 fully saturated rings. The number of methoxy groups -OCH3 is 2. The summed E-state index contributed by atoms with van der Waals surface area (Å²) in [6.07, 6.45) is -0.118. The van der Waals surface area contributed by atoms with Crippen molar-refractivity contribution in [2.45, 2.75) is 51.2 Å². The van der Waals surface area contributed by atoms with E-state index >= 15 is 0 Å². The standard InChI is InChI=1S/C32H32ClF2N3O6/c1-17-5-4-6-25(38-12-11-26(44-32(38)41)29-22(34)10-9-21(33)30(29)35)19-15-24(36-27(16-19)42-2)20-8-7-18(14-28(39)43-3)13-23(20)37-31(17)40/h7-10,13,15-17,25-26H,4-6,11-12,14H2,1-3H3,(H,37,40)/t17-,25+,26-/m1/s1. The SMILES string of the molecule is COC(=O)Cc1ccc2c(c1)NC(=O)[C@H](C)CCC[C@H](N1CC[C@H](c3c(F)ccc(Cl)c3F)OC1=O)c1cc(OC)nc-2c1. The van der Waals surface area contributed by atoms with Crippen LogP contribution in [0.2, 0.25) is 5.02 Å². The Morgan fingerprint density at radius 1 is 1.11 bits per heavy atom. The first-order valence-electron chi connectivity index (χ1n) is 14.3. The molecule has 3 heterocycles. The van der Waals surface area contributed by atoms with Crippen LogP contribution in [0, 0.1) is 17.6 Å². The van der Waals surface area contributed by atoms with Crippen LogP contribution in [0.1, 0.15) is 61.4 Å². The monoisotopic (exact) mass is 627 g/mol. The average Bonchev–Trinajstić information content (AvgIpc) is 3.01. The molecule has 0 unspecified atom stereocenters. The number of ether oxygens (including phenoxy) is 3. The zero-order valence-corrected chi connectivity index (χ0v) is 25.2. The summed E-state index contributed by atoms with van der Waals surface area (Å²) in [4.78, 5) is 44.8. The summed E-state index contributed by atoms with van der Waals surface area (Å²) < 4.78 is 45.3. The van der Waals surface area contributed by atoms with Gasteiger partial charge in [0.05, 0.1) is 48.6 Å². The highest BCUT2D eigenvalue weighted by Crippen LogP contribution is 2.40. The zero-order valence-electron chi connectivity index (χ0n) is 24.5. The maximum atomic E-state index is 14.7. The largest absolute Gasteiger partial charge is 0.481 e. The van der Waals surface area contributed by atoms with Gasteiger partial charge < -0.3 is 24.4 Å². The van der Waals surface area contributed by atoms with Gasteiger partial charge in [0.25, 0.3) is 0 Å². The number of hydrogen-bond donors (Lipinski definition) is 1. The molecule has 2 amide bonds. The molecule has 0 radical (unpaired) electrons. The number of nitrogens with zero attached hydrogens (tertiary/aromatic N) is 2. The smallest absolute Gasteiger partial charge is 0.410 e. The molecule has 0 saturated carbocycles. The second-order valence-corrected chi connectivity index (χ2v) is 11.3. The Labute approximate surface area is 258 Å². The Bertz CT molecular complexity index is 1600. The van der Waals surface area contributed by atoms with Gasteiger partial charge in [0.2, 0.25) is 11.8 Å². The van der Waals surface area contributed by atoms with E-state index < -0.39 is 35.8 Å². The van der Waals surface area contributed by atoms with Crippen LogP contribution in [0.5, 0.6) is 5.88 Å². The lowest BCUT2D eigenvalue weighted by Gasteiger charge is -2.38. The van der Waals surface area contributed by atoms with E-state index in [2.05, 4.69) is 10.3 Å². The molecule has 44 heavy (non-hydrogen) atoms. The fraction of sp³-hybridized carbons (Fsp3) is 0.375. The van der Waals surface area contributed by atoms with E-state index in [1.54, 1.807) is 24.3 Å². The van der Waals surface area contributed by atoms with Crippen molar-refractivity contribution in [1.82, 2.24) is 9.88 Å². The average molecular weight is 628 g/mol. The first-order chi connectivity index (χ1) is 21.1. The van der Waals surface area contributed by atoms with Gasteiger partial charge in [0.15, 0.2) is 5.82 Å². The lowest BCUT2D eigenvalue weighted by atomic mass is 9.93. The molecule has 232 valence electrons. The highest BCUT2D eigenvalue weighted by molar-refractivity contribution is 6.30. The van der Waals surface area contributed by atoms with Crippen molar-refractivity contribution in [1.29, 1.82) is 0 Å². The highest BCUT2D eigenvalue weighted by atomic mass is 35.5. The number of amides is 2. The third kappa shape index (κ3) is 6.47. The molecule has 9 nitrogen and oxygen atoms in total. The van der Waals surface area contributed by atoms with Gasteiger partial charge in [-0.05, 0) is 48.2 Å².